The van der Waals surface area contributed by atoms with E-state index in [0.717, 1.165) is 35.8 Å². The van der Waals surface area contributed by atoms with Crippen LogP contribution in [0.1, 0.15) is 43.9 Å². The van der Waals surface area contributed by atoms with Gasteiger partial charge in [0.1, 0.15) is 11.5 Å². The van der Waals surface area contributed by atoms with Gasteiger partial charge in [-0.25, -0.2) is 4.99 Å². The quantitative estimate of drug-likeness (QED) is 0.347. The number of ether oxygens (including phenoxy) is 2. The third-order valence-electron chi connectivity index (χ3n) is 4.54. The molecule has 32 heavy (non-hydrogen) atoms. The maximum atomic E-state index is 11.6. The van der Waals surface area contributed by atoms with Gasteiger partial charge in [0.25, 0.3) is 5.91 Å². The van der Waals surface area contributed by atoms with Gasteiger partial charge in [0.2, 0.25) is 0 Å². The zero-order valence-electron chi connectivity index (χ0n) is 19.7. The number of guanidine groups is 1. The highest BCUT2D eigenvalue weighted by Crippen LogP contribution is 2.20. The molecule has 0 aliphatic rings. The SMILES string of the molecule is CCCOc1cc(C)ccc1CNC(=NCc1cccc(OCC(=O)NCC)c1)NCC. The monoisotopic (exact) mass is 440 g/mol. The van der Waals surface area contributed by atoms with Crippen molar-refractivity contribution in [2.45, 2.75) is 47.2 Å². The highest BCUT2D eigenvalue weighted by molar-refractivity contribution is 5.79. The van der Waals surface area contributed by atoms with Gasteiger partial charge in [-0.3, -0.25) is 4.79 Å². The van der Waals surface area contributed by atoms with Crippen LogP contribution in [0.15, 0.2) is 47.5 Å². The first-order chi connectivity index (χ1) is 15.5. The van der Waals surface area contributed by atoms with Crippen molar-refractivity contribution in [1.29, 1.82) is 0 Å². The van der Waals surface area contributed by atoms with Gasteiger partial charge in [0, 0.05) is 25.2 Å². The molecule has 3 N–H and O–H groups in total. The van der Waals surface area contributed by atoms with Crippen molar-refractivity contribution in [3.8, 4) is 11.5 Å². The Morgan fingerprint density at radius 1 is 0.969 bits per heavy atom. The van der Waals surface area contributed by atoms with Crippen LogP contribution in [-0.2, 0) is 17.9 Å². The van der Waals surface area contributed by atoms with Crippen molar-refractivity contribution in [1.82, 2.24) is 16.0 Å². The lowest BCUT2D eigenvalue weighted by Crippen LogP contribution is -2.36. The lowest BCUT2D eigenvalue weighted by atomic mass is 10.1. The van der Waals surface area contributed by atoms with Crippen LogP contribution in [0.5, 0.6) is 11.5 Å². The molecule has 7 nitrogen and oxygen atoms in total. The molecular weight excluding hydrogens is 404 g/mol. The van der Waals surface area contributed by atoms with E-state index in [9.17, 15) is 4.79 Å². The van der Waals surface area contributed by atoms with Crippen molar-refractivity contribution < 1.29 is 14.3 Å². The Bertz CT molecular complexity index is 883. The largest absolute Gasteiger partial charge is 0.493 e. The number of amides is 1. The second-order valence-corrected chi connectivity index (χ2v) is 7.40. The molecule has 0 unspecified atom stereocenters. The highest BCUT2D eigenvalue weighted by atomic mass is 16.5. The van der Waals surface area contributed by atoms with E-state index in [4.69, 9.17) is 14.5 Å². The van der Waals surface area contributed by atoms with Crippen molar-refractivity contribution in [2.24, 2.45) is 4.99 Å². The maximum Gasteiger partial charge on any atom is 0.257 e. The molecule has 7 heteroatoms. The summed E-state index contributed by atoms with van der Waals surface area (Å²) in [4.78, 5) is 16.3. The van der Waals surface area contributed by atoms with Gasteiger partial charge >= 0.3 is 0 Å². The van der Waals surface area contributed by atoms with Crippen molar-refractivity contribution in [2.75, 3.05) is 26.3 Å². The van der Waals surface area contributed by atoms with Crippen LogP contribution in [0.2, 0.25) is 0 Å². The molecular formula is C25H36N4O3. The van der Waals surface area contributed by atoms with Crippen LogP contribution in [0.3, 0.4) is 0 Å². The summed E-state index contributed by atoms with van der Waals surface area (Å²) in [6.45, 7) is 11.2. The van der Waals surface area contributed by atoms with Gasteiger partial charge in [-0.05, 0) is 56.5 Å². The Hall–Kier alpha value is -3.22. The first kappa shape index (κ1) is 25.0. The fourth-order valence-electron chi connectivity index (χ4n) is 2.98. The number of nitrogens with one attached hydrogen (secondary N) is 3. The van der Waals surface area contributed by atoms with E-state index in [1.165, 1.54) is 5.56 Å². The molecule has 174 valence electrons. The molecule has 2 aromatic carbocycles. The minimum Gasteiger partial charge on any atom is -0.493 e. The number of hydrogen-bond donors (Lipinski definition) is 3. The van der Waals surface area contributed by atoms with E-state index in [0.29, 0.717) is 32.0 Å². The molecule has 0 saturated carbocycles. The summed E-state index contributed by atoms with van der Waals surface area (Å²) in [5.41, 5.74) is 3.27. The molecule has 0 atom stereocenters. The summed E-state index contributed by atoms with van der Waals surface area (Å²) in [6, 6.07) is 13.9. The molecule has 0 spiro atoms. The Balaban J connectivity index is 2.00. The fourth-order valence-corrected chi connectivity index (χ4v) is 2.98. The van der Waals surface area contributed by atoms with Crippen LogP contribution in [-0.4, -0.2) is 38.2 Å². The first-order valence-corrected chi connectivity index (χ1v) is 11.3. The number of aliphatic imine (C=N–C) groups is 1. The summed E-state index contributed by atoms with van der Waals surface area (Å²) in [6.07, 6.45) is 0.969. The average Bonchev–Trinajstić information content (AvgIpc) is 2.79. The molecule has 0 fully saturated rings. The highest BCUT2D eigenvalue weighted by Gasteiger charge is 2.07. The molecule has 2 rings (SSSR count). The van der Waals surface area contributed by atoms with Crippen LogP contribution in [0.4, 0.5) is 0 Å². The molecule has 0 saturated heterocycles. The second kappa shape index (κ2) is 14.0. The molecule has 0 bridgehead atoms. The Labute approximate surface area is 191 Å². The number of benzene rings is 2. The number of likely N-dealkylation sites (N-methyl/N-ethyl adjacent to an activating group) is 1. The lowest BCUT2D eigenvalue weighted by molar-refractivity contribution is -0.122. The lowest BCUT2D eigenvalue weighted by Gasteiger charge is -2.15. The molecule has 0 heterocycles. The number of nitrogens with zero attached hydrogens (tertiary/aromatic N) is 1. The normalized spacial score (nSPS) is 11.1. The number of aryl methyl sites for hydroxylation is 1. The van der Waals surface area contributed by atoms with E-state index in [1.807, 2.05) is 38.1 Å². The summed E-state index contributed by atoms with van der Waals surface area (Å²) in [5, 5.41) is 9.39. The summed E-state index contributed by atoms with van der Waals surface area (Å²) in [5.74, 6) is 2.16. The van der Waals surface area contributed by atoms with Crippen LogP contribution in [0.25, 0.3) is 0 Å². The number of rotatable bonds is 12. The molecule has 0 aliphatic carbocycles. The number of hydrogen-bond acceptors (Lipinski definition) is 4. The van der Waals surface area contributed by atoms with E-state index in [-0.39, 0.29) is 12.5 Å². The summed E-state index contributed by atoms with van der Waals surface area (Å²) in [7, 11) is 0. The van der Waals surface area contributed by atoms with E-state index < -0.39 is 0 Å². The Morgan fingerprint density at radius 3 is 2.53 bits per heavy atom. The zero-order chi connectivity index (χ0) is 23.2. The molecule has 0 aromatic heterocycles. The Kier molecular flexibility index (Phi) is 10.9. The van der Waals surface area contributed by atoms with Crippen LogP contribution in [0, 0.1) is 6.92 Å². The first-order valence-electron chi connectivity index (χ1n) is 11.3. The summed E-state index contributed by atoms with van der Waals surface area (Å²) >= 11 is 0. The predicted octanol–water partition coefficient (Wildman–Crippen LogP) is 3.55. The number of carbonyl (C=O) groups is 1. The van der Waals surface area contributed by atoms with Crippen LogP contribution >= 0.6 is 0 Å². The average molecular weight is 441 g/mol. The molecule has 0 radical (unpaired) electrons. The van der Waals surface area contributed by atoms with Gasteiger partial charge in [-0.15, -0.1) is 0 Å². The van der Waals surface area contributed by atoms with Crippen molar-refractivity contribution in [3.63, 3.8) is 0 Å². The van der Waals surface area contributed by atoms with Crippen molar-refractivity contribution >= 4 is 11.9 Å². The van der Waals surface area contributed by atoms with Gasteiger partial charge in [0.15, 0.2) is 12.6 Å². The van der Waals surface area contributed by atoms with Gasteiger partial charge in [0.05, 0.1) is 13.2 Å². The predicted molar refractivity (Wildman–Crippen MR) is 129 cm³/mol. The van der Waals surface area contributed by atoms with Gasteiger partial charge < -0.3 is 25.4 Å². The number of carbonyl (C=O) groups excluding carboxylic acids is 1. The molecule has 1 amide bonds. The second-order valence-electron chi connectivity index (χ2n) is 7.40. The van der Waals surface area contributed by atoms with Gasteiger partial charge in [-0.1, -0.05) is 31.2 Å². The van der Waals surface area contributed by atoms with Crippen molar-refractivity contribution in [3.05, 3.63) is 59.2 Å². The minimum absolute atomic E-state index is 0.00371. The third-order valence-corrected chi connectivity index (χ3v) is 4.54. The van der Waals surface area contributed by atoms with Gasteiger partial charge in [-0.2, -0.15) is 0 Å². The van der Waals surface area contributed by atoms with E-state index in [2.05, 4.69) is 48.0 Å². The zero-order valence-corrected chi connectivity index (χ0v) is 19.7. The Morgan fingerprint density at radius 2 is 1.78 bits per heavy atom. The smallest absolute Gasteiger partial charge is 0.257 e. The van der Waals surface area contributed by atoms with E-state index in [1.54, 1.807) is 0 Å². The third kappa shape index (κ3) is 8.88. The van der Waals surface area contributed by atoms with E-state index >= 15 is 0 Å². The minimum atomic E-state index is -0.132. The summed E-state index contributed by atoms with van der Waals surface area (Å²) < 4.78 is 11.5. The molecule has 0 aliphatic heterocycles. The fraction of sp³-hybridized carbons (Fsp3) is 0.440. The van der Waals surface area contributed by atoms with Crippen LogP contribution < -0.4 is 25.4 Å². The molecule has 2 aromatic rings. The maximum absolute atomic E-state index is 11.6. The standard InChI is InChI=1S/C25H36N4O3/c1-5-13-31-23-14-19(4)11-12-21(23)17-29-25(27-7-3)28-16-20-9-8-10-22(15-20)32-18-24(30)26-6-2/h8-12,14-15H,5-7,13,16-18H2,1-4H3,(H,26,30)(H2,27,28,29). The topological polar surface area (TPSA) is 84.0 Å².